The first-order chi connectivity index (χ1) is 12.3. The second kappa shape index (κ2) is 8.29. The molecule has 2 rings (SSSR count). The van der Waals surface area contributed by atoms with Crippen molar-refractivity contribution in [3.63, 3.8) is 0 Å². The van der Waals surface area contributed by atoms with E-state index in [1.807, 2.05) is 24.3 Å². The highest BCUT2D eigenvalue weighted by Gasteiger charge is 2.13. The standard InChI is InChI=1S/C20H22N2O4/c1-20(2,3)16-8-10-17(11-9-16)26-13-18(23)22-21-12-14-4-6-15(7-5-14)19(24)25/h4-12H,13H2,1-3H3,(H,22,23)(H,24,25). The predicted octanol–water partition coefficient (Wildman–Crippen LogP) is 3.21. The second-order valence-corrected chi connectivity index (χ2v) is 6.78. The van der Waals surface area contributed by atoms with Gasteiger partial charge in [0.2, 0.25) is 0 Å². The first-order valence-electron chi connectivity index (χ1n) is 8.14. The van der Waals surface area contributed by atoms with Crippen LogP contribution in [0, 0.1) is 0 Å². The van der Waals surface area contributed by atoms with Crippen molar-refractivity contribution in [2.24, 2.45) is 5.10 Å². The third-order valence-corrected chi connectivity index (χ3v) is 3.65. The van der Waals surface area contributed by atoms with Crippen molar-refractivity contribution in [2.75, 3.05) is 6.61 Å². The monoisotopic (exact) mass is 354 g/mol. The van der Waals surface area contributed by atoms with E-state index in [0.29, 0.717) is 11.3 Å². The molecule has 0 radical (unpaired) electrons. The molecule has 0 spiro atoms. The van der Waals surface area contributed by atoms with Crippen LogP contribution in [0.25, 0.3) is 0 Å². The van der Waals surface area contributed by atoms with Crippen molar-refractivity contribution in [3.05, 3.63) is 65.2 Å². The fraction of sp³-hybridized carbons (Fsp3) is 0.250. The molecule has 6 heteroatoms. The van der Waals surface area contributed by atoms with Crippen LogP contribution in [0.3, 0.4) is 0 Å². The fourth-order valence-corrected chi connectivity index (χ4v) is 2.12. The van der Waals surface area contributed by atoms with Gasteiger partial charge in [-0.1, -0.05) is 45.0 Å². The van der Waals surface area contributed by atoms with Crippen LogP contribution in [-0.2, 0) is 10.2 Å². The summed E-state index contributed by atoms with van der Waals surface area (Å²) in [4.78, 5) is 22.5. The van der Waals surface area contributed by atoms with Crippen LogP contribution in [0.4, 0.5) is 0 Å². The third kappa shape index (κ3) is 5.73. The van der Waals surface area contributed by atoms with Crippen molar-refractivity contribution in [2.45, 2.75) is 26.2 Å². The lowest BCUT2D eigenvalue weighted by atomic mass is 9.87. The number of amides is 1. The number of benzene rings is 2. The largest absolute Gasteiger partial charge is 0.484 e. The molecule has 136 valence electrons. The molecular weight excluding hydrogens is 332 g/mol. The van der Waals surface area contributed by atoms with Crippen LogP contribution in [0.15, 0.2) is 53.6 Å². The van der Waals surface area contributed by atoms with E-state index in [1.165, 1.54) is 23.9 Å². The number of hydrogen-bond donors (Lipinski definition) is 2. The Kier molecular flexibility index (Phi) is 6.11. The molecule has 0 fully saturated rings. The van der Waals surface area contributed by atoms with Crippen molar-refractivity contribution < 1.29 is 19.4 Å². The lowest BCUT2D eigenvalue weighted by Crippen LogP contribution is -2.24. The van der Waals surface area contributed by atoms with E-state index in [-0.39, 0.29) is 23.5 Å². The van der Waals surface area contributed by atoms with Crippen LogP contribution in [-0.4, -0.2) is 29.8 Å². The molecule has 0 aliphatic carbocycles. The summed E-state index contributed by atoms with van der Waals surface area (Å²) in [5, 5.41) is 12.7. The van der Waals surface area contributed by atoms with E-state index in [2.05, 4.69) is 31.3 Å². The fourth-order valence-electron chi connectivity index (χ4n) is 2.12. The van der Waals surface area contributed by atoms with Gasteiger partial charge in [0.05, 0.1) is 11.8 Å². The van der Waals surface area contributed by atoms with Crippen LogP contribution in [0.5, 0.6) is 5.75 Å². The van der Waals surface area contributed by atoms with Crippen LogP contribution >= 0.6 is 0 Å². The molecule has 2 aromatic rings. The van der Waals surface area contributed by atoms with E-state index in [9.17, 15) is 9.59 Å². The minimum Gasteiger partial charge on any atom is -0.484 e. The maximum absolute atomic E-state index is 11.7. The van der Waals surface area contributed by atoms with Crippen LogP contribution < -0.4 is 10.2 Å². The summed E-state index contributed by atoms with van der Waals surface area (Å²) < 4.78 is 5.43. The zero-order valence-electron chi connectivity index (χ0n) is 15.0. The van der Waals surface area contributed by atoms with Crippen molar-refractivity contribution in [1.29, 1.82) is 0 Å². The van der Waals surface area contributed by atoms with Crippen molar-refractivity contribution >= 4 is 18.1 Å². The number of ether oxygens (including phenoxy) is 1. The number of aromatic carboxylic acids is 1. The molecule has 6 nitrogen and oxygen atoms in total. The Balaban J connectivity index is 1.80. The first-order valence-corrected chi connectivity index (χ1v) is 8.14. The van der Waals surface area contributed by atoms with Gasteiger partial charge in [0.1, 0.15) is 5.75 Å². The predicted molar refractivity (Wildman–Crippen MR) is 99.8 cm³/mol. The number of carbonyl (C=O) groups is 2. The summed E-state index contributed by atoms with van der Waals surface area (Å²) in [5.74, 6) is -0.765. The summed E-state index contributed by atoms with van der Waals surface area (Å²) in [6.45, 7) is 6.24. The number of hydrogen-bond acceptors (Lipinski definition) is 4. The Morgan fingerprint density at radius 1 is 1.08 bits per heavy atom. The number of carboxylic acids is 1. The average Bonchev–Trinajstić information content (AvgIpc) is 2.60. The number of rotatable bonds is 6. The summed E-state index contributed by atoms with van der Waals surface area (Å²) in [7, 11) is 0. The van der Waals surface area contributed by atoms with E-state index >= 15 is 0 Å². The van der Waals surface area contributed by atoms with Crippen molar-refractivity contribution in [1.82, 2.24) is 5.43 Å². The van der Waals surface area contributed by atoms with Crippen molar-refractivity contribution in [3.8, 4) is 5.75 Å². The Bertz CT molecular complexity index is 788. The van der Waals surface area contributed by atoms with Gasteiger partial charge in [-0.25, -0.2) is 10.2 Å². The molecule has 1 amide bonds. The number of carboxylic acid groups (broad SMARTS) is 1. The molecular formula is C20H22N2O4. The Morgan fingerprint density at radius 3 is 2.23 bits per heavy atom. The molecule has 0 aliphatic heterocycles. The second-order valence-electron chi connectivity index (χ2n) is 6.78. The minimum absolute atomic E-state index is 0.0628. The van der Waals surface area contributed by atoms with Gasteiger partial charge in [0.15, 0.2) is 6.61 Å². The average molecular weight is 354 g/mol. The number of hydrazone groups is 1. The van der Waals surface area contributed by atoms with Crippen LogP contribution in [0.1, 0.15) is 42.3 Å². The lowest BCUT2D eigenvalue weighted by molar-refractivity contribution is -0.123. The van der Waals surface area contributed by atoms with Crippen LogP contribution in [0.2, 0.25) is 0 Å². The normalized spacial score (nSPS) is 11.3. The SMILES string of the molecule is CC(C)(C)c1ccc(OCC(=O)NN=Cc2ccc(C(=O)O)cc2)cc1. The summed E-state index contributed by atoms with van der Waals surface area (Å²) in [5.41, 5.74) is 4.48. The molecule has 2 N–H and O–H groups in total. The summed E-state index contributed by atoms with van der Waals surface area (Å²) in [6, 6.07) is 13.8. The van der Waals surface area contributed by atoms with E-state index in [4.69, 9.17) is 9.84 Å². The van der Waals surface area contributed by atoms with Gasteiger partial charge < -0.3 is 9.84 Å². The number of carbonyl (C=O) groups excluding carboxylic acids is 1. The summed E-state index contributed by atoms with van der Waals surface area (Å²) in [6.07, 6.45) is 1.43. The maximum Gasteiger partial charge on any atom is 0.335 e. The molecule has 0 unspecified atom stereocenters. The van der Waals surface area contributed by atoms with Gasteiger partial charge in [-0.15, -0.1) is 0 Å². The lowest BCUT2D eigenvalue weighted by Gasteiger charge is -2.19. The molecule has 0 atom stereocenters. The summed E-state index contributed by atoms with van der Waals surface area (Å²) >= 11 is 0. The zero-order valence-corrected chi connectivity index (χ0v) is 15.0. The molecule has 0 aromatic heterocycles. The van der Waals surface area contributed by atoms with E-state index < -0.39 is 5.97 Å². The molecule has 26 heavy (non-hydrogen) atoms. The number of nitrogens with one attached hydrogen (secondary N) is 1. The maximum atomic E-state index is 11.7. The van der Waals surface area contributed by atoms with Gasteiger partial charge in [-0.05, 0) is 40.8 Å². The first kappa shape index (κ1) is 19.2. The smallest absolute Gasteiger partial charge is 0.335 e. The van der Waals surface area contributed by atoms with Gasteiger partial charge >= 0.3 is 5.97 Å². The highest BCUT2D eigenvalue weighted by Crippen LogP contribution is 2.24. The Hall–Kier alpha value is -3.15. The Labute approximate surface area is 152 Å². The molecule has 0 saturated heterocycles. The Morgan fingerprint density at radius 2 is 1.69 bits per heavy atom. The third-order valence-electron chi connectivity index (χ3n) is 3.65. The topological polar surface area (TPSA) is 88.0 Å². The molecule has 0 saturated carbocycles. The highest BCUT2D eigenvalue weighted by atomic mass is 16.5. The van der Waals surface area contributed by atoms with E-state index in [1.54, 1.807) is 12.1 Å². The quantitative estimate of drug-likeness (QED) is 0.616. The molecule has 0 heterocycles. The molecule has 0 bridgehead atoms. The van der Waals surface area contributed by atoms with Gasteiger partial charge in [-0.2, -0.15) is 5.10 Å². The van der Waals surface area contributed by atoms with E-state index in [0.717, 1.165) is 0 Å². The molecule has 2 aromatic carbocycles. The highest BCUT2D eigenvalue weighted by molar-refractivity contribution is 5.89. The number of nitrogens with zero attached hydrogens (tertiary/aromatic N) is 1. The zero-order chi connectivity index (χ0) is 19.2. The van der Waals surface area contributed by atoms with Gasteiger partial charge in [0.25, 0.3) is 5.91 Å². The van der Waals surface area contributed by atoms with Gasteiger partial charge in [-0.3, -0.25) is 4.79 Å². The minimum atomic E-state index is -0.991. The van der Waals surface area contributed by atoms with Gasteiger partial charge in [0, 0.05) is 0 Å². The molecule has 0 aliphatic rings.